The number of nitrogens with zero attached hydrogens (tertiary/aromatic N) is 4. The molecule has 0 saturated carbocycles. The first kappa shape index (κ1) is 19.7. The third-order valence-corrected chi connectivity index (χ3v) is 3.60. The molecule has 1 aromatic carbocycles. The topological polar surface area (TPSA) is 45.5 Å². The molecule has 0 unspecified atom stereocenters. The van der Waals surface area contributed by atoms with Gasteiger partial charge in [0.2, 0.25) is 0 Å². The zero-order valence-corrected chi connectivity index (χ0v) is 14.8. The Balaban J connectivity index is 2.17. The second-order valence-electron chi connectivity index (χ2n) is 5.83. The molecule has 2 rings (SSSR count). The number of hydrogen-bond donors (Lipinski definition) is 1. The van der Waals surface area contributed by atoms with Gasteiger partial charge in [0.15, 0.2) is 11.7 Å². The van der Waals surface area contributed by atoms with Crippen LogP contribution in [0, 0.1) is 5.82 Å². The van der Waals surface area contributed by atoms with Crippen LogP contribution in [-0.2, 0) is 26.3 Å². The van der Waals surface area contributed by atoms with Crippen molar-refractivity contribution in [3.63, 3.8) is 0 Å². The van der Waals surface area contributed by atoms with Gasteiger partial charge in [0.25, 0.3) is 0 Å². The van der Waals surface area contributed by atoms with Crippen molar-refractivity contribution in [2.24, 2.45) is 12.0 Å². The molecule has 1 heterocycles. The molecule has 0 amide bonds. The van der Waals surface area contributed by atoms with Crippen molar-refractivity contribution in [3.8, 4) is 0 Å². The predicted molar refractivity (Wildman–Crippen MR) is 90.9 cm³/mol. The summed E-state index contributed by atoms with van der Waals surface area (Å²) >= 11 is 0. The lowest BCUT2D eigenvalue weighted by molar-refractivity contribution is -0.142. The second-order valence-corrected chi connectivity index (χ2v) is 5.83. The second kappa shape index (κ2) is 8.20. The molecular weight excluding hydrogens is 350 g/mol. The van der Waals surface area contributed by atoms with Crippen LogP contribution < -0.4 is 5.32 Å². The van der Waals surface area contributed by atoms with Crippen molar-refractivity contribution in [2.45, 2.75) is 26.2 Å². The molecule has 0 fully saturated rings. The Morgan fingerprint density at radius 2 is 1.92 bits per heavy atom. The van der Waals surface area contributed by atoms with Gasteiger partial charge in [-0.3, -0.25) is 4.68 Å². The van der Waals surface area contributed by atoms with Gasteiger partial charge in [-0.2, -0.15) is 18.3 Å². The van der Waals surface area contributed by atoms with Crippen LogP contribution in [0.15, 0.2) is 35.5 Å². The van der Waals surface area contributed by atoms with Gasteiger partial charge in [0, 0.05) is 38.9 Å². The van der Waals surface area contributed by atoms with E-state index in [0.717, 1.165) is 10.2 Å². The normalized spacial score (nSPS) is 12.3. The summed E-state index contributed by atoms with van der Waals surface area (Å²) in [5.41, 5.74) is -0.0665. The van der Waals surface area contributed by atoms with Gasteiger partial charge in [-0.15, -0.1) is 0 Å². The van der Waals surface area contributed by atoms with Crippen LogP contribution in [0.25, 0.3) is 0 Å². The number of aryl methyl sites for hydroxylation is 1. The van der Waals surface area contributed by atoms with Crippen LogP contribution >= 0.6 is 0 Å². The van der Waals surface area contributed by atoms with E-state index < -0.39 is 11.9 Å². The highest BCUT2D eigenvalue weighted by Gasteiger charge is 2.36. The maximum Gasteiger partial charge on any atom is 0.435 e. The molecule has 0 spiro atoms. The number of guanidine groups is 1. The van der Waals surface area contributed by atoms with Gasteiger partial charge in [-0.05, 0) is 24.6 Å². The fraction of sp³-hybridized carbons (Fsp3) is 0.412. The zero-order chi connectivity index (χ0) is 19.3. The first-order valence-corrected chi connectivity index (χ1v) is 8.04. The molecular formula is C17H21F4N5. The fourth-order valence-electron chi connectivity index (χ4n) is 2.46. The van der Waals surface area contributed by atoms with Crippen LogP contribution in [0.5, 0.6) is 0 Å². The van der Waals surface area contributed by atoms with Crippen LogP contribution in [0.3, 0.4) is 0 Å². The molecule has 0 atom stereocenters. The molecule has 0 aliphatic rings. The zero-order valence-electron chi connectivity index (χ0n) is 14.8. The molecule has 0 radical (unpaired) electrons. The summed E-state index contributed by atoms with van der Waals surface area (Å²) in [4.78, 5) is 6.05. The minimum atomic E-state index is -4.52. The Morgan fingerprint density at radius 3 is 2.50 bits per heavy atom. The van der Waals surface area contributed by atoms with E-state index in [1.807, 2.05) is 6.92 Å². The highest BCUT2D eigenvalue weighted by Crippen LogP contribution is 2.30. The summed E-state index contributed by atoms with van der Waals surface area (Å²) in [6, 6.07) is 6.02. The van der Waals surface area contributed by atoms with Crippen LogP contribution in [0.1, 0.15) is 23.7 Å². The number of aliphatic imine (C=N–C) groups is 1. The Bertz CT molecular complexity index is 750. The highest BCUT2D eigenvalue weighted by molar-refractivity contribution is 5.79. The van der Waals surface area contributed by atoms with Gasteiger partial charge < -0.3 is 10.2 Å². The van der Waals surface area contributed by atoms with Crippen molar-refractivity contribution in [2.75, 3.05) is 13.6 Å². The Kier molecular flexibility index (Phi) is 6.23. The van der Waals surface area contributed by atoms with Gasteiger partial charge >= 0.3 is 6.18 Å². The predicted octanol–water partition coefficient (Wildman–Crippen LogP) is 3.18. The first-order chi connectivity index (χ1) is 12.2. The Hall–Kier alpha value is -2.58. The summed E-state index contributed by atoms with van der Waals surface area (Å²) in [5, 5.41) is 6.52. The Labute approximate surface area is 149 Å². The molecule has 5 nitrogen and oxygen atoms in total. The van der Waals surface area contributed by atoms with Gasteiger partial charge in [0.1, 0.15) is 5.82 Å². The van der Waals surface area contributed by atoms with Gasteiger partial charge in [0.05, 0.1) is 6.54 Å². The lowest BCUT2D eigenvalue weighted by Crippen LogP contribution is -2.38. The minimum absolute atomic E-state index is 0.00517. The molecule has 0 aliphatic carbocycles. The summed E-state index contributed by atoms with van der Waals surface area (Å²) in [6.07, 6.45) is -3.21. The fourth-order valence-corrected chi connectivity index (χ4v) is 2.46. The lowest BCUT2D eigenvalue weighted by Gasteiger charge is -2.22. The monoisotopic (exact) mass is 371 g/mol. The quantitative estimate of drug-likeness (QED) is 0.499. The number of hydrogen-bond acceptors (Lipinski definition) is 2. The molecule has 1 aromatic heterocycles. The van der Waals surface area contributed by atoms with Gasteiger partial charge in [-0.25, -0.2) is 9.38 Å². The SMILES string of the molecule is CCNC(=NCc1cn(C)nc1C(F)(F)F)N(C)Cc1ccc(F)cc1. The first-order valence-electron chi connectivity index (χ1n) is 8.04. The van der Waals surface area contributed by atoms with E-state index in [4.69, 9.17) is 0 Å². The smallest absolute Gasteiger partial charge is 0.357 e. The lowest BCUT2D eigenvalue weighted by atomic mass is 10.2. The maximum absolute atomic E-state index is 13.0. The van der Waals surface area contributed by atoms with Crippen molar-refractivity contribution in [1.29, 1.82) is 0 Å². The number of halogens is 4. The molecule has 0 aliphatic heterocycles. The maximum atomic E-state index is 13.0. The summed E-state index contributed by atoms with van der Waals surface area (Å²) < 4.78 is 53.2. The number of nitrogens with one attached hydrogen (secondary N) is 1. The summed E-state index contributed by atoms with van der Waals surface area (Å²) in [5.74, 6) is 0.127. The average molecular weight is 371 g/mol. The third-order valence-electron chi connectivity index (χ3n) is 3.60. The van der Waals surface area contributed by atoms with E-state index in [0.29, 0.717) is 19.0 Å². The molecule has 1 N–H and O–H groups in total. The number of benzene rings is 1. The number of alkyl halides is 3. The molecule has 142 valence electrons. The third kappa shape index (κ3) is 5.21. The molecule has 2 aromatic rings. The van der Waals surface area contributed by atoms with E-state index in [2.05, 4.69) is 15.4 Å². The van der Waals surface area contributed by atoms with Crippen molar-refractivity contribution in [1.82, 2.24) is 20.0 Å². The van der Waals surface area contributed by atoms with E-state index >= 15 is 0 Å². The van der Waals surface area contributed by atoms with E-state index in [1.54, 1.807) is 24.1 Å². The minimum Gasteiger partial charge on any atom is -0.357 e. The number of aromatic nitrogens is 2. The van der Waals surface area contributed by atoms with Crippen LogP contribution in [0.2, 0.25) is 0 Å². The summed E-state index contributed by atoms with van der Waals surface area (Å²) in [6.45, 7) is 2.71. The average Bonchev–Trinajstić information content (AvgIpc) is 2.94. The van der Waals surface area contributed by atoms with E-state index in [9.17, 15) is 17.6 Å². The molecule has 26 heavy (non-hydrogen) atoms. The molecule has 0 saturated heterocycles. The molecule has 9 heteroatoms. The van der Waals surface area contributed by atoms with Gasteiger partial charge in [-0.1, -0.05) is 12.1 Å². The van der Waals surface area contributed by atoms with Crippen molar-refractivity contribution < 1.29 is 17.6 Å². The standard InChI is InChI=1S/C17H21F4N5/c1-4-22-16(25(2)10-12-5-7-14(18)8-6-12)23-9-13-11-26(3)24-15(13)17(19,20)21/h5-8,11H,4,9-10H2,1-3H3,(H,22,23). The van der Waals surface area contributed by atoms with Crippen molar-refractivity contribution >= 4 is 5.96 Å². The highest BCUT2D eigenvalue weighted by atomic mass is 19.4. The van der Waals surface area contributed by atoms with E-state index in [-0.39, 0.29) is 17.9 Å². The van der Waals surface area contributed by atoms with Crippen molar-refractivity contribution in [3.05, 3.63) is 53.1 Å². The van der Waals surface area contributed by atoms with Crippen LogP contribution in [-0.4, -0.2) is 34.2 Å². The number of rotatable bonds is 5. The Morgan fingerprint density at radius 1 is 1.27 bits per heavy atom. The van der Waals surface area contributed by atoms with Crippen LogP contribution in [0.4, 0.5) is 17.6 Å². The van der Waals surface area contributed by atoms with E-state index in [1.165, 1.54) is 25.4 Å². The largest absolute Gasteiger partial charge is 0.435 e. The summed E-state index contributed by atoms with van der Waals surface area (Å²) in [7, 11) is 3.20. The molecule has 0 bridgehead atoms.